The number of hydrogen-bond acceptors (Lipinski definition) is 4. The Morgan fingerprint density at radius 1 is 1.11 bits per heavy atom. The van der Waals surface area contributed by atoms with E-state index in [-0.39, 0.29) is 16.7 Å². The topological polar surface area (TPSA) is 84.5 Å². The van der Waals surface area contributed by atoms with Crippen LogP contribution in [0.2, 0.25) is 0 Å². The van der Waals surface area contributed by atoms with Gasteiger partial charge in [-0.15, -0.1) is 0 Å². The molecule has 2 aromatic rings. The van der Waals surface area contributed by atoms with Gasteiger partial charge in [-0.1, -0.05) is 31.2 Å². The first kappa shape index (κ1) is 20.4. The van der Waals surface area contributed by atoms with Crippen LogP contribution in [0.5, 0.6) is 5.75 Å². The van der Waals surface area contributed by atoms with Crippen molar-refractivity contribution in [3.05, 3.63) is 59.7 Å². The van der Waals surface area contributed by atoms with Crippen molar-refractivity contribution in [1.29, 1.82) is 0 Å². The van der Waals surface area contributed by atoms with Crippen LogP contribution < -0.4 is 14.8 Å². The predicted molar refractivity (Wildman–Crippen MR) is 108 cm³/mol. The summed E-state index contributed by atoms with van der Waals surface area (Å²) in [4.78, 5) is 11.5. The maximum absolute atomic E-state index is 12.4. The monoisotopic (exact) mass is 402 g/mol. The van der Waals surface area contributed by atoms with E-state index in [4.69, 9.17) is 4.74 Å². The first-order chi connectivity index (χ1) is 13.5. The molecule has 28 heavy (non-hydrogen) atoms. The van der Waals surface area contributed by atoms with Gasteiger partial charge in [0.1, 0.15) is 5.75 Å². The molecule has 1 saturated heterocycles. The molecule has 0 radical (unpaired) electrons. The fourth-order valence-electron chi connectivity index (χ4n) is 3.13. The quantitative estimate of drug-likeness (QED) is 0.632. The Labute approximate surface area is 166 Å². The molecule has 6 nitrogen and oxygen atoms in total. The molecule has 7 heteroatoms. The summed E-state index contributed by atoms with van der Waals surface area (Å²) in [6, 6.07) is 14.7. The number of ether oxygens (including phenoxy) is 1. The summed E-state index contributed by atoms with van der Waals surface area (Å²) in [5.41, 5.74) is 2.22. The number of nitrogens with one attached hydrogen (secondary N) is 2. The van der Waals surface area contributed by atoms with Crippen LogP contribution >= 0.6 is 0 Å². The van der Waals surface area contributed by atoms with Crippen molar-refractivity contribution in [3.63, 3.8) is 0 Å². The van der Waals surface area contributed by atoms with E-state index >= 15 is 0 Å². The average Bonchev–Trinajstić information content (AvgIpc) is 3.14. The van der Waals surface area contributed by atoms with Crippen molar-refractivity contribution < 1.29 is 17.9 Å². The lowest BCUT2D eigenvalue weighted by atomic mass is 9.99. The van der Waals surface area contributed by atoms with Crippen molar-refractivity contribution in [3.8, 4) is 5.75 Å². The third-order valence-corrected chi connectivity index (χ3v) is 6.33. The van der Waals surface area contributed by atoms with Gasteiger partial charge < -0.3 is 10.1 Å². The van der Waals surface area contributed by atoms with Crippen LogP contribution in [0.3, 0.4) is 0 Å². The zero-order chi connectivity index (χ0) is 20.0. The van der Waals surface area contributed by atoms with Crippen LogP contribution in [0.4, 0.5) is 0 Å². The van der Waals surface area contributed by atoms with Gasteiger partial charge in [-0.25, -0.2) is 13.1 Å². The molecule has 0 unspecified atom stereocenters. The number of aryl methyl sites for hydroxylation is 1. The maximum Gasteiger partial charge on any atom is 0.240 e. The molecule has 1 amide bonds. The summed E-state index contributed by atoms with van der Waals surface area (Å²) < 4.78 is 33.0. The summed E-state index contributed by atoms with van der Waals surface area (Å²) in [6.45, 7) is 3.44. The van der Waals surface area contributed by atoms with Gasteiger partial charge in [-0.3, -0.25) is 4.79 Å². The second kappa shape index (κ2) is 9.21. The smallest absolute Gasteiger partial charge is 0.240 e. The fourth-order valence-corrected chi connectivity index (χ4v) is 4.21. The van der Waals surface area contributed by atoms with E-state index in [0.717, 1.165) is 17.7 Å². The summed E-state index contributed by atoms with van der Waals surface area (Å²) >= 11 is 0. The highest BCUT2D eigenvalue weighted by molar-refractivity contribution is 7.89. The molecule has 0 bridgehead atoms. The van der Waals surface area contributed by atoms with Gasteiger partial charge in [0.05, 0.1) is 11.5 Å². The summed E-state index contributed by atoms with van der Waals surface area (Å²) in [5.74, 6) is 0.933. The van der Waals surface area contributed by atoms with E-state index in [0.29, 0.717) is 32.5 Å². The average molecular weight is 403 g/mol. The number of carbonyl (C=O) groups is 1. The van der Waals surface area contributed by atoms with E-state index in [2.05, 4.69) is 17.0 Å². The highest BCUT2D eigenvalue weighted by atomic mass is 32.2. The van der Waals surface area contributed by atoms with Crippen LogP contribution in [-0.2, 0) is 21.2 Å². The Hall–Kier alpha value is -2.38. The minimum atomic E-state index is -3.55. The molecule has 0 aliphatic carbocycles. The SMILES string of the molecule is CCc1ccc(OCCCNS(=O)(=O)c2ccc([C@@H]3CNC(=O)C3)cc2)cc1. The molecule has 1 fully saturated rings. The number of hydrogen-bond donors (Lipinski definition) is 2. The van der Waals surface area contributed by atoms with Crippen molar-refractivity contribution in [2.24, 2.45) is 0 Å². The molecular formula is C21H26N2O4S. The van der Waals surface area contributed by atoms with Crippen LogP contribution in [0, 0.1) is 0 Å². The van der Waals surface area contributed by atoms with Crippen LogP contribution in [0.1, 0.15) is 36.8 Å². The van der Waals surface area contributed by atoms with E-state index in [9.17, 15) is 13.2 Å². The van der Waals surface area contributed by atoms with Crippen LogP contribution in [-0.4, -0.2) is 34.0 Å². The van der Waals surface area contributed by atoms with Crippen LogP contribution in [0.25, 0.3) is 0 Å². The third kappa shape index (κ3) is 5.33. The zero-order valence-corrected chi connectivity index (χ0v) is 16.8. The number of benzene rings is 2. The molecule has 1 heterocycles. The van der Waals surface area contributed by atoms with Crippen LogP contribution in [0.15, 0.2) is 53.4 Å². The summed E-state index contributed by atoms with van der Waals surface area (Å²) in [5, 5.41) is 2.79. The van der Waals surface area contributed by atoms with Gasteiger partial charge in [-0.2, -0.15) is 0 Å². The summed E-state index contributed by atoms with van der Waals surface area (Å²) in [6.07, 6.45) is 2.01. The highest BCUT2D eigenvalue weighted by Crippen LogP contribution is 2.24. The number of amides is 1. The fraction of sp³-hybridized carbons (Fsp3) is 0.381. The minimum absolute atomic E-state index is 0.0342. The number of carbonyl (C=O) groups excluding carboxylic acids is 1. The standard InChI is InChI=1S/C21H26N2O4S/c1-2-16-4-8-19(9-5-16)27-13-3-12-23-28(25,26)20-10-6-17(7-11-20)18-14-21(24)22-15-18/h4-11,18,23H,2-3,12-15H2,1H3,(H,22,24)/t18-/m0/s1. The molecular weight excluding hydrogens is 376 g/mol. The Bertz CT molecular complexity index is 893. The van der Waals surface area contributed by atoms with E-state index in [1.807, 2.05) is 24.3 Å². The Balaban J connectivity index is 1.45. The van der Waals surface area contributed by atoms with Gasteiger partial charge in [0.25, 0.3) is 0 Å². The molecule has 150 valence electrons. The minimum Gasteiger partial charge on any atom is -0.494 e. The maximum atomic E-state index is 12.4. The second-order valence-corrected chi connectivity index (χ2v) is 8.64. The molecule has 0 saturated carbocycles. The summed E-state index contributed by atoms with van der Waals surface area (Å²) in [7, 11) is -3.55. The Morgan fingerprint density at radius 3 is 2.43 bits per heavy atom. The van der Waals surface area contributed by atoms with Gasteiger partial charge in [0.2, 0.25) is 15.9 Å². The lowest BCUT2D eigenvalue weighted by molar-refractivity contribution is -0.119. The molecule has 0 spiro atoms. The van der Waals surface area contributed by atoms with Crippen molar-refractivity contribution >= 4 is 15.9 Å². The molecule has 2 aromatic carbocycles. The predicted octanol–water partition coefficient (Wildman–Crippen LogP) is 2.60. The van der Waals surface area contributed by atoms with E-state index in [1.165, 1.54) is 5.56 Å². The third-order valence-electron chi connectivity index (χ3n) is 4.85. The molecule has 2 N–H and O–H groups in total. The highest BCUT2D eigenvalue weighted by Gasteiger charge is 2.23. The zero-order valence-electron chi connectivity index (χ0n) is 16.0. The van der Waals surface area contributed by atoms with Gasteiger partial charge in [0, 0.05) is 25.4 Å². The van der Waals surface area contributed by atoms with Gasteiger partial charge >= 0.3 is 0 Å². The lowest BCUT2D eigenvalue weighted by Gasteiger charge is -2.11. The molecule has 0 aromatic heterocycles. The number of sulfonamides is 1. The Morgan fingerprint density at radius 2 is 1.82 bits per heavy atom. The molecule has 1 atom stereocenters. The van der Waals surface area contributed by atoms with Gasteiger partial charge in [0.15, 0.2) is 0 Å². The second-order valence-electron chi connectivity index (χ2n) is 6.87. The van der Waals surface area contributed by atoms with Crippen molar-refractivity contribution in [1.82, 2.24) is 10.0 Å². The van der Waals surface area contributed by atoms with E-state index < -0.39 is 10.0 Å². The first-order valence-electron chi connectivity index (χ1n) is 9.56. The largest absolute Gasteiger partial charge is 0.494 e. The molecule has 1 aliphatic heterocycles. The Kier molecular flexibility index (Phi) is 6.70. The van der Waals surface area contributed by atoms with Crippen molar-refractivity contribution in [2.45, 2.75) is 37.0 Å². The van der Waals surface area contributed by atoms with Crippen molar-refractivity contribution in [2.75, 3.05) is 19.7 Å². The molecule has 1 aliphatic rings. The molecule has 3 rings (SSSR count). The number of rotatable bonds is 9. The normalized spacial score (nSPS) is 16.8. The first-order valence-corrected chi connectivity index (χ1v) is 11.0. The van der Waals surface area contributed by atoms with E-state index in [1.54, 1.807) is 24.3 Å². The van der Waals surface area contributed by atoms with Gasteiger partial charge in [-0.05, 0) is 48.2 Å². The lowest BCUT2D eigenvalue weighted by Crippen LogP contribution is -2.25.